The number of fused-ring (bicyclic) bond motifs is 1. The summed E-state index contributed by atoms with van der Waals surface area (Å²) in [5.74, 6) is 0.767. The van der Waals surface area contributed by atoms with Gasteiger partial charge in [0.1, 0.15) is 0 Å². The highest BCUT2D eigenvalue weighted by Gasteiger charge is 2.16. The summed E-state index contributed by atoms with van der Waals surface area (Å²) in [7, 11) is -1.46. The van der Waals surface area contributed by atoms with Crippen LogP contribution in [0.1, 0.15) is 5.56 Å². The minimum atomic E-state index is -3.40. The van der Waals surface area contributed by atoms with Crippen molar-refractivity contribution in [3.05, 3.63) is 84.7 Å². The van der Waals surface area contributed by atoms with Crippen molar-refractivity contribution < 1.29 is 12.9 Å². The molecule has 0 amide bonds. The first-order chi connectivity index (χ1) is 15.0. The summed E-state index contributed by atoms with van der Waals surface area (Å²) in [5, 5.41) is 4.08. The first-order valence-electron chi connectivity index (χ1n) is 9.62. The molecular weight excluding hydrogens is 412 g/mol. The van der Waals surface area contributed by atoms with Gasteiger partial charge in [-0.05, 0) is 48.0 Å². The van der Waals surface area contributed by atoms with Crippen molar-refractivity contribution in [3.8, 4) is 22.8 Å². The smallest absolute Gasteiger partial charge is 0.258 e. The lowest BCUT2D eigenvalue weighted by atomic mass is 10.1. The molecule has 3 aromatic carbocycles. The third kappa shape index (κ3) is 3.73. The molecule has 0 saturated heterocycles. The molecule has 0 saturated carbocycles. The molecule has 31 heavy (non-hydrogen) atoms. The van der Waals surface area contributed by atoms with Gasteiger partial charge in [0.25, 0.3) is 5.89 Å². The Morgan fingerprint density at radius 1 is 0.935 bits per heavy atom. The fourth-order valence-electron chi connectivity index (χ4n) is 3.41. The molecule has 0 aliphatic rings. The molecule has 8 heteroatoms. The fraction of sp³-hybridized carbons (Fsp3) is 0.0870. The van der Waals surface area contributed by atoms with Crippen LogP contribution in [0, 0.1) is 0 Å². The predicted molar refractivity (Wildman–Crippen MR) is 117 cm³/mol. The summed E-state index contributed by atoms with van der Waals surface area (Å²) in [6, 6.07) is 21.3. The van der Waals surface area contributed by atoms with Gasteiger partial charge in [-0.15, -0.1) is 0 Å². The molecule has 0 spiro atoms. The quantitative estimate of drug-likeness (QED) is 0.414. The van der Waals surface area contributed by atoms with Crippen molar-refractivity contribution in [2.75, 3.05) is 0 Å². The Bertz CT molecular complexity index is 1470. The second-order valence-electron chi connectivity index (χ2n) is 7.25. The van der Waals surface area contributed by atoms with Crippen molar-refractivity contribution in [1.29, 1.82) is 0 Å². The lowest BCUT2D eigenvalue weighted by molar-refractivity contribution is 0.432. The summed E-state index contributed by atoms with van der Waals surface area (Å²) >= 11 is 0. The SMILES string of the molecule is Cn1cnc2cc(-c3noc(-c4ccc(CS(=O)(=O)c5ccccc5)cc4)n3)ccc21. The molecule has 0 unspecified atom stereocenters. The molecule has 154 valence electrons. The molecule has 0 fully saturated rings. The van der Waals surface area contributed by atoms with Gasteiger partial charge in [0.15, 0.2) is 9.84 Å². The van der Waals surface area contributed by atoms with E-state index in [1.807, 2.05) is 29.8 Å². The normalized spacial score (nSPS) is 11.8. The van der Waals surface area contributed by atoms with Gasteiger partial charge in [0.2, 0.25) is 5.82 Å². The van der Waals surface area contributed by atoms with E-state index in [4.69, 9.17) is 4.52 Å². The molecule has 5 aromatic rings. The van der Waals surface area contributed by atoms with E-state index in [2.05, 4.69) is 15.1 Å². The van der Waals surface area contributed by atoms with E-state index >= 15 is 0 Å². The average Bonchev–Trinajstić information content (AvgIpc) is 3.42. The molecule has 0 aliphatic carbocycles. The first kappa shape index (κ1) is 19.2. The number of aryl methyl sites for hydroxylation is 1. The first-order valence-corrected chi connectivity index (χ1v) is 11.3. The Hall–Kier alpha value is -3.78. The number of imidazole rings is 1. The number of aromatic nitrogens is 4. The largest absolute Gasteiger partial charge is 0.334 e. The fourth-order valence-corrected chi connectivity index (χ4v) is 4.78. The minimum absolute atomic E-state index is 0.0730. The summed E-state index contributed by atoms with van der Waals surface area (Å²) in [6.07, 6.45) is 1.76. The second-order valence-corrected chi connectivity index (χ2v) is 9.24. The minimum Gasteiger partial charge on any atom is -0.334 e. The zero-order valence-electron chi connectivity index (χ0n) is 16.6. The van der Waals surface area contributed by atoms with Crippen molar-refractivity contribution in [1.82, 2.24) is 19.7 Å². The number of benzene rings is 3. The Labute approximate surface area is 178 Å². The van der Waals surface area contributed by atoms with Crippen LogP contribution >= 0.6 is 0 Å². The maximum Gasteiger partial charge on any atom is 0.258 e. The maximum absolute atomic E-state index is 12.6. The van der Waals surface area contributed by atoms with Crippen LogP contribution in [-0.4, -0.2) is 28.1 Å². The number of hydrogen-bond donors (Lipinski definition) is 0. The third-order valence-corrected chi connectivity index (χ3v) is 6.77. The maximum atomic E-state index is 12.6. The molecule has 2 heterocycles. The number of hydrogen-bond acceptors (Lipinski definition) is 6. The van der Waals surface area contributed by atoms with Crippen molar-refractivity contribution in [3.63, 3.8) is 0 Å². The monoisotopic (exact) mass is 430 g/mol. The molecule has 0 aliphatic heterocycles. The van der Waals surface area contributed by atoms with E-state index in [0.717, 1.165) is 22.2 Å². The Balaban J connectivity index is 1.37. The molecule has 0 radical (unpaired) electrons. The van der Waals surface area contributed by atoms with Crippen LogP contribution < -0.4 is 0 Å². The van der Waals surface area contributed by atoms with Gasteiger partial charge in [-0.25, -0.2) is 13.4 Å². The molecule has 5 rings (SSSR count). The van der Waals surface area contributed by atoms with Gasteiger partial charge in [-0.1, -0.05) is 35.5 Å². The van der Waals surface area contributed by atoms with Crippen LogP contribution in [0.3, 0.4) is 0 Å². The lowest BCUT2D eigenvalue weighted by Gasteiger charge is -2.05. The van der Waals surface area contributed by atoms with Crippen LogP contribution in [0.4, 0.5) is 0 Å². The number of sulfone groups is 1. The van der Waals surface area contributed by atoms with Gasteiger partial charge in [0.05, 0.1) is 28.0 Å². The van der Waals surface area contributed by atoms with Gasteiger partial charge in [-0.3, -0.25) is 0 Å². The summed E-state index contributed by atoms with van der Waals surface area (Å²) in [4.78, 5) is 9.15. The van der Waals surface area contributed by atoms with Crippen LogP contribution in [-0.2, 0) is 22.6 Å². The molecule has 2 aromatic heterocycles. The highest BCUT2D eigenvalue weighted by Crippen LogP contribution is 2.25. The highest BCUT2D eigenvalue weighted by molar-refractivity contribution is 7.90. The van der Waals surface area contributed by atoms with Crippen LogP contribution in [0.25, 0.3) is 33.9 Å². The van der Waals surface area contributed by atoms with E-state index in [0.29, 0.717) is 22.2 Å². The van der Waals surface area contributed by atoms with Crippen LogP contribution in [0.2, 0.25) is 0 Å². The van der Waals surface area contributed by atoms with Crippen LogP contribution in [0.5, 0.6) is 0 Å². The van der Waals surface area contributed by atoms with Gasteiger partial charge >= 0.3 is 0 Å². The van der Waals surface area contributed by atoms with Crippen molar-refractivity contribution in [2.45, 2.75) is 10.6 Å². The molecule has 7 nitrogen and oxygen atoms in total. The van der Waals surface area contributed by atoms with E-state index in [1.54, 1.807) is 60.9 Å². The summed E-state index contributed by atoms with van der Waals surface area (Å²) in [5.41, 5.74) is 4.10. The van der Waals surface area contributed by atoms with Crippen LogP contribution in [0.15, 0.2) is 88.5 Å². The summed E-state index contributed by atoms with van der Waals surface area (Å²) in [6.45, 7) is 0. The number of rotatable bonds is 5. The van der Waals surface area contributed by atoms with Gasteiger partial charge in [-0.2, -0.15) is 4.98 Å². The Morgan fingerprint density at radius 3 is 2.45 bits per heavy atom. The molecule has 0 bridgehead atoms. The topological polar surface area (TPSA) is 90.9 Å². The highest BCUT2D eigenvalue weighted by atomic mass is 32.2. The van der Waals surface area contributed by atoms with E-state index < -0.39 is 9.84 Å². The van der Waals surface area contributed by atoms with E-state index in [1.165, 1.54) is 0 Å². The summed E-state index contributed by atoms with van der Waals surface area (Å²) < 4.78 is 32.5. The molecular formula is C23H18N4O3S. The number of nitrogens with zero attached hydrogens (tertiary/aromatic N) is 4. The van der Waals surface area contributed by atoms with Crippen molar-refractivity contribution >= 4 is 20.9 Å². The third-order valence-electron chi connectivity index (χ3n) is 5.07. The Morgan fingerprint density at radius 2 is 1.68 bits per heavy atom. The van der Waals surface area contributed by atoms with E-state index in [-0.39, 0.29) is 5.75 Å². The van der Waals surface area contributed by atoms with Gasteiger partial charge < -0.3 is 9.09 Å². The zero-order valence-corrected chi connectivity index (χ0v) is 17.5. The molecule has 0 atom stereocenters. The standard InChI is InChI=1S/C23H18N4O3S/c1-27-15-24-20-13-18(11-12-21(20)27)22-25-23(30-26-22)17-9-7-16(8-10-17)14-31(28,29)19-5-3-2-4-6-19/h2-13,15H,14H2,1H3. The molecule has 0 N–H and O–H groups in total. The average molecular weight is 430 g/mol. The predicted octanol–water partition coefficient (Wildman–Crippen LogP) is 4.26. The van der Waals surface area contributed by atoms with E-state index in [9.17, 15) is 8.42 Å². The zero-order chi connectivity index (χ0) is 21.4. The second kappa shape index (κ2) is 7.48. The Kier molecular flexibility index (Phi) is 4.63. The van der Waals surface area contributed by atoms with Crippen molar-refractivity contribution in [2.24, 2.45) is 7.05 Å². The van der Waals surface area contributed by atoms with Gasteiger partial charge in [0, 0.05) is 18.2 Å². The lowest BCUT2D eigenvalue weighted by Crippen LogP contribution is -2.04.